The highest BCUT2D eigenvalue weighted by Crippen LogP contribution is 2.47. The Balaban J connectivity index is 1.83. The number of rotatable bonds is 5. The number of hydrogen-bond donors (Lipinski definition) is 1. The van der Waals surface area contributed by atoms with Gasteiger partial charge in [0.2, 0.25) is 5.91 Å². The smallest absolute Gasteiger partial charge is 0.335 e. The van der Waals surface area contributed by atoms with Gasteiger partial charge in [-0.15, -0.1) is 0 Å². The molecule has 0 spiro atoms. The van der Waals surface area contributed by atoms with Gasteiger partial charge in [-0.2, -0.15) is 0 Å². The van der Waals surface area contributed by atoms with Gasteiger partial charge in [-0.25, -0.2) is 13.6 Å². The van der Waals surface area contributed by atoms with Gasteiger partial charge < -0.3 is 10.0 Å². The van der Waals surface area contributed by atoms with E-state index in [2.05, 4.69) is 0 Å². The first-order valence-corrected chi connectivity index (χ1v) is 8.37. The lowest BCUT2D eigenvalue weighted by Crippen LogP contribution is -2.50. The van der Waals surface area contributed by atoms with Crippen molar-refractivity contribution >= 4 is 11.9 Å². The standard InChI is InChI=1S/C20H19F2NO3/c1-23(12-13-6-8-14(9-7-13)18(24)25)19(26)20(10-3-11-20)17-15(21)4-2-5-16(17)22/h2,4-9H,3,10-12H2,1H3,(H,24,25). The lowest BCUT2D eigenvalue weighted by Gasteiger charge is -2.43. The van der Waals surface area contributed by atoms with Crippen LogP contribution in [0.5, 0.6) is 0 Å². The highest BCUT2D eigenvalue weighted by atomic mass is 19.1. The summed E-state index contributed by atoms with van der Waals surface area (Å²) in [6.45, 7) is 0.233. The van der Waals surface area contributed by atoms with E-state index in [1.54, 1.807) is 19.2 Å². The van der Waals surface area contributed by atoms with Gasteiger partial charge in [-0.3, -0.25) is 4.79 Å². The normalized spacial score (nSPS) is 15.2. The maximum absolute atomic E-state index is 14.3. The fourth-order valence-corrected chi connectivity index (χ4v) is 3.52. The second-order valence-corrected chi connectivity index (χ2v) is 6.70. The molecule has 1 amide bonds. The van der Waals surface area contributed by atoms with Crippen molar-refractivity contribution in [2.45, 2.75) is 31.2 Å². The largest absolute Gasteiger partial charge is 0.478 e. The maximum atomic E-state index is 14.3. The Morgan fingerprint density at radius 2 is 1.65 bits per heavy atom. The van der Waals surface area contributed by atoms with Crippen LogP contribution < -0.4 is 0 Å². The second-order valence-electron chi connectivity index (χ2n) is 6.70. The Bertz CT molecular complexity index is 824. The summed E-state index contributed by atoms with van der Waals surface area (Å²) in [5, 5.41) is 8.93. The monoisotopic (exact) mass is 359 g/mol. The van der Waals surface area contributed by atoms with Crippen LogP contribution in [0.25, 0.3) is 0 Å². The number of likely N-dealkylation sites (N-methyl/N-ethyl adjacent to an activating group) is 1. The first-order valence-electron chi connectivity index (χ1n) is 8.37. The minimum absolute atomic E-state index is 0.149. The number of amides is 1. The van der Waals surface area contributed by atoms with Crippen molar-refractivity contribution in [3.8, 4) is 0 Å². The Kier molecular flexibility index (Phi) is 4.76. The molecule has 3 rings (SSSR count). The van der Waals surface area contributed by atoms with Crippen molar-refractivity contribution in [2.75, 3.05) is 7.05 Å². The molecule has 26 heavy (non-hydrogen) atoms. The van der Waals surface area contributed by atoms with Crippen LogP contribution >= 0.6 is 0 Å². The summed E-state index contributed by atoms with van der Waals surface area (Å²) in [5.74, 6) is -2.74. The molecule has 0 heterocycles. The molecule has 2 aromatic rings. The molecule has 4 nitrogen and oxygen atoms in total. The van der Waals surface area contributed by atoms with Crippen molar-refractivity contribution in [1.82, 2.24) is 4.90 Å². The summed E-state index contributed by atoms with van der Waals surface area (Å²) in [5.41, 5.74) is -0.407. The van der Waals surface area contributed by atoms with Gasteiger partial charge in [0, 0.05) is 19.2 Å². The van der Waals surface area contributed by atoms with Gasteiger partial charge >= 0.3 is 5.97 Å². The van der Waals surface area contributed by atoms with Crippen molar-refractivity contribution in [3.63, 3.8) is 0 Å². The molecule has 0 radical (unpaired) electrons. The van der Waals surface area contributed by atoms with Crippen LogP contribution in [-0.2, 0) is 16.8 Å². The Hall–Kier alpha value is -2.76. The van der Waals surface area contributed by atoms with Gasteiger partial charge in [0.05, 0.1) is 11.0 Å². The van der Waals surface area contributed by atoms with E-state index in [0.29, 0.717) is 12.8 Å². The van der Waals surface area contributed by atoms with Crippen LogP contribution in [0.3, 0.4) is 0 Å². The van der Waals surface area contributed by atoms with E-state index in [9.17, 15) is 18.4 Å². The van der Waals surface area contributed by atoms with E-state index in [4.69, 9.17) is 5.11 Å². The average molecular weight is 359 g/mol. The summed E-state index contributed by atoms with van der Waals surface area (Å²) < 4.78 is 28.5. The third-order valence-corrected chi connectivity index (χ3v) is 5.03. The summed E-state index contributed by atoms with van der Waals surface area (Å²) in [7, 11) is 1.59. The zero-order valence-corrected chi connectivity index (χ0v) is 14.3. The third-order valence-electron chi connectivity index (χ3n) is 5.03. The fraction of sp³-hybridized carbons (Fsp3) is 0.300. The average Bonchev–Trinajstić information content (AvgIpc) is 2.56. The molecule has 1 saturated carbocycles. The molecule has 0 aliphatic heterocycles. The lowest BCUT2D eigenvalue weighted by molar-refractivity contribution is -0.140. The summed E-state index contributed by atoms with van der Waals surface area (Å²) >= 11 is 0. The molecule has 0 saturated heterocycles. The quantitative estimate of drug-likeness (QED) is 0.885. The molecule has 2 aromatic carbocycles. The Labute approximate surface area is 150 Å². The van der Waals surface area contributed by atoms with Crippen molar-refractivity contribution in [3.05, 3.63) is 70.8 Å². The molecule has 0 atom stereocenters. The molecule has 136 valence electrons. The van der Waals surface area contributed by atoms with Gasteiger partial charge in [0.25, 0.3) is 0 Å². The minimum Gasteiger partial charge on any atom is -0.478 e. The fourth-order valence-electron chi connectivity index (χ4n) is 3.52. The number of carboxylic acids is 1. The van der Waals surface area contributed by atoms with Crippen molar-refractivity contribution < 1.29 is 23.5 Å². The van der Waals surface area contributed by atoms with Gasteiger partial charge in [0.15, 0.2) is 0 Å². The number of aromatic carboxylic acids is 1. The number of hydrogen-bond acceptors (Lipinski definition) is 2. The van der Waals surface area contributed by atoms with Crippen molar-refractivity contribution in [1.29, 1.82) is 0 Å². The lowest BCUT2D eigenvalue weighted by atomic mass is 9.63. The van der Waals surface area contributed by atoms with Crippen LogP contribution in [0, 0.1) is 11.6 Å². The highest BCUT2D eigenvalue weighted by molar-refractivity contribution is 5.89. The number of benzene rings is 2. The van der Waals surface area contributed by atoms with Crippen LogP contribution in [0.15, 0.2) is 42.5 Å². The number of halogens is 2. The van der Waals surface area contributed by atoms with E-state index >= 15 is 0 Å². The Morgan fingerprint density at radius 1 is 1.08 bits per heavy atom. The number of nitrogens with zero attached hydrogens (tertiary/aromatic N) is 1. The molecule has 6 heteroatoms. The predicted octanol–water partition coefficient (Wildman–Crippen LogP) is 3.74. The SMILES string of the molecule is CN(Cc1ccc(C(=O)O)cc1)C(=O)C1(c2c(F)cccc2F)CCC1. The number of carbonyl (C=O) groups is 2. The van der Waals surface area contributed by atoms with E-state index in [0.717, 1.165) is 12.0 Å². The van der Waals surface area contributed by atoms with Crippen LogP contribution in [0.4, 0.5) is 8.78 Å². The first kappa shape index (κ1) is 18.0. The van der Waals surface area contributed by atoms with E-state index in [-0.39, 0.29) is 23.6 Å². The van der Waals surface area contributed by atoms with E-state index in [1.807, 2.05) is 0 Å². The molecule has 1 N–H and O–H groups in total. The molecule has 0 aromatic heterocycles. The first-order chi connectivity index (χ1) is 12.3. The maximum Gasteiger partial charge on any atom is 0.335 e. The third kappa shape index (κ3) is 3.07. The minimum atomic E-state index is -1.16. The molecule has 1 aliphatic rings. The molecule has 0 bridgehead atoms. The van der Waals surface area contributed by atoms with Gasteiger partial charge in [-0.05, 0) is 42.7 Å². The summed E-state index contributed by atoms with van der Waals surface area (Å²) in [4.78, 5) is 25.4. The molecule has 0 unspecified atom stereocenters. The number of carboxylic acid groups (broad SMARTS) is 1. The zero-order valence-electron chi connectivity index (χ0n) is 14.3. The molecule has 1 aliphatic carbocycles. The van der Waals surface area contributed by atoms with Crippen LogP contribution in [0.1, 0.15) is 40.7 Å². The number of carbonyl (C=O) groups excluding carboxylic acids is 1. The topological polar surface area (TPSA) is 57.6 Å². The predicted molar refractivity (Wildman–Crippen MR) is 91.8 cm³/mol. The second kappa shape index (κ2) is 6.86. The summed E-state index contributed by atoms with van der Waals surface area (Å²) in [6.07, 6.45) is 1.55. The highest BCUT2D eigenvalue weighted by Gasteiger charge is 2.50. The Morgan fingerprint density at radius 3 is 2.12 bits per heavy atom. The molecule has 1 fully saturated rings. The van der Waals surface area contributed by atoms with Gasteiger partial charge in [0.1, 0.15) is 11.6 Å². The van der Waals surface area contributed by atoms with Gasteiger partial charge in [-0.1, -0.05) is 24.6 Å². The zero-order chi connectivity index (χ0) is 18.9. The van der Waals surface area contributed by atoms with E-state index in [1.165, 1.54) is 35.2 Å². The van der Waals surface area contributed by atoms with Crippen molar-refractivity contribution in [2.24, 2.45) is 0 Å². The van der Waals surface area contributed by atoms with E-state index < -0.39 is 23.0 Å². The summed E-state index contributed by atoms with van der Waals surface area (Å²) in [6, 6.07) is 9.83. The molecular formula is C20H19F2NO3. The van der Waals surface area contributed by atoms with Crippen LogP contribution in [-0.4, -0.2) is 28.9 Å². The molecular weight excluding hydrogens is 340 g/mol. The van der Waals surface area contributed by atoms with Crippen LogP contribution in [0.2, 0.25) is 0 Å².